The van der Waals surface area contributed by atoms with E-state index in [-0.39, 0.29) is 5.92 Å². The largest absolute Gasteiger partial charge is 0.0874 e. The average Bonchev–Trinajstić information content (AvgIpc) is 3.72. The molecule has 0 aliphatic heterocycles. The number of rotatable bonds is 10. The van der Waals surface area contributed by atoms with Crippen molar-refractivity contribution in [2.45, 2.75) is 87.0 Å². The van der Waals surface area contributed by atoms with Crippen molar-refractivity contribution in [1.82, 2.24) is 0 Å². The number of fused-ring (bicyclic) bond motifs is 3. The quantitative estimate of drug-likeness (QED) is 0.120. The van der Waals surface area contributed by atoms with E-state index >= 15 is 0 Å². The third-order valence-corrected chi connectivity index (χ3v) is 12.4. The lowest BCUT2D eigenvalue weighted by Gasteiger charge is -2.37. The second-order valence-electron chi connectivity index (χ2n) is 16.6. The van der Waals surface area contributed by atoms with Crippen molar-refractivity contribution in [2.24, 2.45) is 0 Å². The molecule has 0 spiro atoms. The number of allylic oxidation sites excluding steroid dienone is 8. The third-order valence-electron chi connectivity index (χ3n) is 12.4. The first-order valence-electron chi connectivity index (χ1n) is 25.1. The molecule has 0 N–H and O–H groups in total. The fraction of sp³-hybridized carbons (Fsp3) is 0.188. The molecule has 0 fully saturated rings. The number of benzene rings is 8. The minimum absolute atomic E-state index is 0.0641. The highest BCUT2D eigenvalue weighted by atomic mass is 14.5. The van der Waals surface area contributed by atoms with Gasteiger partial charge in [0.25, 0.3) is 0 Å². The summed E-state index contributed by atoms with van der Waals surface area (Å²) in [6, 6.07) is 76.5. The fourth-order valence-electron chi connectivity index (χ4n) is 9.25. The van der Waals surface area contributed by atoms with E-state index in [4.69, 9.17) is 0 Å². The molecule has 0 amide bonds. The molecular formula is C69H74. The highest BCUT2D eigenvalue weighted by Gasteiger charge is 2.48. The molecule has 8 aromatic rings. The Hall–Kier alpha value is -7.28. The standard InChI is InChI=1S/C51H46.2C7H8.2C2H6/c1-5-19-37(7-3)47(42-24-13-10-14-25-42)36-44(20-6-2)51(48-27-17-15-21-38(48)8-4)49-28-18-16-26-45(49)46-34-33-43(35-50(46)51)41-31-29-40(30-32-41)39-22-11-9-12-23-39;2*1-7-5-3-2-4-6-7;2*1-2/h5-7,9-36,47H,8H2,1-4H3;2*2-6H,1H3;2*1-2H3/b19-5-,20-6-,37-7+,44-36-;;;;. The van der Waals surface area contributed by atoms with E-state index in [0.717, 1.165) is 6.42 Å². The van der Waals surface area contributed by atoms with Gasteiger partial charge in [0.15, 0.2) is 0 Å². The summed E-state index contributed by atoms with van der Waals surface area (Å²) in [6.07, 6.45) is 14.8. The van der Waals surface area contributed by atoms with Gasteiger partial charge < -0.3 is 0 Å². The molecular weight excluding hydrogens is 829 g/mol. The molecule has 0 nitrogen and oxygen atoms in total. The molecule has 0 bridgehead atoms. The Morgan fingerprint density at radius 3 is 1.38 bits per heavy atom. The van der Waals surface area contributed by atoms with E-state index in [0.29, 0.717) is 0 Å². The smallest absolute Gasteiger partial charge is 0.0713 e. The van der Waals surface area contributed by atoms with Crippen LogP contribution in [0.1, 0.15) is 100 Å². The second kappa shape index (κ2) is 27.5. The highest BCUT2D eigenvalue weighted by Crippen LogP contribution is 2.58. The second-order valence-corrected chi connectivity index (χ2v) is 16.6. The first-order chi connectivity index (χ1) is 33.9. The molecule has 9 rings (SSSR count). The van der Waals surface area contributed by atoms with Crippen LogP contribution in [-0.2, 0) is 11.8 Å². The third kappa shape index (κ3) is 12.8. The highest BCUT2D eigenvalue weighted by molar-refractivity contribution is 5.89. The molecule has 69 heavy (non-hydrogen) atoms. The maximum Gasteiger partial charge on any atom is 0.0713 e. The van der Waals surface area contributed by atoms with Crippen LogP contribution >= 0.6 is 0 Å². The van der Waals surface area contributed by atoms with Crippen molar-refractivity contribution in [1.29, 1.82) is 0 Å². The van der Waals surface area contributed by atoms with Crippen LogP contribution < -0.4 is 0 Å². The number of hydrogen-bond acceptors (Lipinski definition) is 0. The predicted octanol–water partition coefficient (Wildman–Crippen LogP) is 19.7. The Labute approximate surface area is 417 Å². The van der Waals surface area contributed by atoms with Crippen molar-refractivity contribution in [2.75, 3.05) is 0 Å². The monoisotopic (exact) mass is 903 g/mol. The van der Waals surface area contributed by atoms with Crippen molar-refractivity contribution in [3.8, 4) is 33.4 Å². The van der Waals surface area contributed by atoms with Crippen molar-refractivity contribution in [3.05, 3.63) is 299 Å². The first-order valence-corrected chi connectivity index (χ1v) is 25.1. The zero-order valence-corrected chi connectivity index (χ0v) is 43.0. The van der Waals surface area contributed by atoms with Crippen molar-refractivity contribution in [3.63, 3.8) is 0 Å². The Morgan fingerprint density at radius 2 is 0.870 bits per heavy atom. The van der Waals surface area contributed by atoms with Gasteiger partial charge in [0.05, 0.1) is 5.41 Å². The summed E-state index contributed by atoms with van der Waals surface area (Å²) >= 11 is 0. The molecule has 0 radical (unpaired) electrons. The zero-order valence-electron chi connectivity index (χ0n) is 43.0. The maximum absolute atomic E-state index is 2.55. The van der Waals surface area contributed by atoms with Crippen LogP contribution in [0.4, 0.5) is 0 Å². The van der Waals surface area contributed by atoms with Crippen LogP contribution in [0.25, 0.3) is 33.4 Å². The van der Waals surface area contributed by atoms with E-state index in [1.807, 2.05) is 64.1 Å². The topological polar surface area (TPSA) is 0 Å². The Balaban J connectivity index is 0.000000416. The lowest BCUT2D eigenvalue weighted by molar-refractivity contribution is 0.743. The van der Waals surface area contributed by atoms with Crippen LogP contribution in [0, 0.1) is 13.8 Å². The van der Waals surface area contributed by atoms with E-state index in [1.165, 1.54) is 83.5 Å². The van der Waals surface area contributed by atoms with Gasteiger partial charge in [-0.25, -0.2) is 0 Å². The van der Waals surface area contributed by atoms with E-state index in [9.17, 15) is 0 Å². The minimum Gasteiger partial charge on any atom is -0.0874 e. The summed E-state index contributed by atoms with van der Waals surface area (Å²) in [5, 5.41) is 0. The van der Waals surface area contributed by atoms with Gasteiger partial charge >= 0.3 is 0 Å². The molecule has 1 aliphatic rings. The van der Waals surface area contributed by atoms with Gasteiger partial charge in [-0.2, -0.15) is 0 Å². The maximum atomic E-state index is 2.55. The fourth-order valence-corrected chi connectivity index (χ4v) is 9.25. The van der Waals surface area contributed by atoms with Gasteiger partial charge in [0.2, 0.25) is 0 Å². The molecule has 0 saturated carbocycles. The van der Waals surface area contributed by atoms with Crippen LogP contribution in [0.15, 0.2) is 260 Å². The van der Waals surface area contributed by atoms with Crippen molar-refractivity contribution >= 4 is 0 Å². The van der Waals surface area contributed by atoms with Gasteiger partial charge in [0.1, 0.15) is 0 Å². The molecule has 2 unspecified atom stereocenters. The van der Waals surface area contributed by atoms with Crippen LogP contribution in [0.5, 0.6) is 0 Å². The average molecular weight is 903 g/mol. The first kappa shape index (κ1) is 52.7. The summed E-state index contributed by atoms with van der Waals surface area (Å²) in [5.74, 6) is 0.0641. The normalized spacial score (nSPS) is 14.1. The predicted molar refractivity (Wildman–Crippen MR) is 304 cm³/mol. The van der Waals surface area contributed by atoms with Crippen LogP contribution in [0.3, 0.4) is 0 Å². The molecule has 1 aliphatic carbocycles. The molecule has 0 aromatic heterocycles. The molecule has 2 atom stereocenters. The van der Waals surface area contributed by atoms with E-state index in [1.54, 1.807) is 0 Å². The number of aryl methyl sites for hydroxylation is 3. The lowest BCUT2D eigenvalue weighted by Crippen LogP contribution is -2.31. The van der Waals surface area contributed by atoms with Crippen molar-refractivity contribution < 1.29 is 0 Å². The van der Waals surface area contributed by atoms with Crippen LogP contribution in [-0.4, -0.2) is 0 Å². The van der Waals surface area contributed by atoms with Gasteiger partial charge in [-0.15, -0.1) is 0 Å². The summed E-state index contributed by atoms with van der Waals surface area (Å²) in [6.45, 7) is 20.9. The van der Waals surface area contributed by atoms with Gasteiger partial charge in [-0.1, -0.05) is 288 Å². The molecule has 350 valence electrons. The van der Waals surface area contributed by atoms with Gasteiger partial charge in [-0.05, 0) is 119 Å². The Bertz CT molecular complexity index is 2820. The Morgan fingerprint density at radius 1 is 0.435 bits per heavy atom. The van der Waals surface area contributed by atoms with Gasteiger partial charge in [0, 0.05) is 5.92 Å². The lowest BCUT2D eigenvalue weighted by atomic mass is 9.64. The van der Waals surface area contributed by atoms with E-state index in [2.05, 4.69) is 254 Å². The molecule has 0 saturated heterocycles. The SMILES string of the molecule is C/C=C\C(=C\C(C(/C=C\C)=C/C)c1ccccc1)C1(c2ccccc2CC)c2ccccc2-c2ccc(-c3ccc(-c4ccccc4)cc3)cc21.CC.CC.Cc1ccccc1.Cc1ccccc1. The summed E-state index contributed by atoms with van der Waals surface area (Å²) < 4.78 is 0. The molecule has 8 aromatic carbocycles. The Kier molecular flexibility index (Phi) is 21.0. The zero-order chi connectivity index (χ0) is 49.4. The number of hydrogen-bond donors (Lipinski definition) is 0. The molecule has 0 heteroatoms. The van der Waals surface area contributed by atoms with E-state index < -0.39 is 5.41 Å². The summed E-state index contributed by atoms with van der Waals surface area (Å²) in [4.78, 5) is 0. The van der Waals surface area contributed by atoms with Gasteiger partial charge in [-0.3, -0.25) is 0 Å². The van der Waals surface area contributed by atoms with Crippen LogP contribution in [0.2, 0.25) is 0 Å². The summed E-state index contributed by atoms with van der Waals surface area (Å²) in [5.41, 5.74) is 18.8. The summed E-state index contributed by atoms with van der Waals surface area (Å²) in [7, 11) is 0. The minimum atomic E-state index is -0.535. The molecule has 0 heterocycles.